The lowest BCUT2D eigenvalue weighted by Crippen LogP contribution is -2.44. The van der Waals surface area contributed by atoms with Gasteiger partial charge in [-0.3, -0.25) is 0 Å². The number of rotatable bonds is 4. The summed E-state index contributed by atoms with van der Waals surface area (Å²) in [5.74, 6) is 0. The summed E-state index contributed by atoms with van der Waals surface area (Å²) in [6.45, 7) is 8.02. The fourth-order valence-corrected chi connectivity index (χ4v) is 3.47. The maximum Gasteiger partial charge on any atom is 0.0642 e. The highest BCUT2D eigenvalue weighted by Gasteiger charge is 2.15. The number of benzene rings is 1. The first-order valence-corrected chi connectivity index (χ1v) is 8.17. The molecule has 3 rings (SSSR count). The molecule has 2 fully saturated rings. The summed E-state index contributed by atoms with van der Waals surface area (Å²) in [5, 5.41) is 4.31. The Hall–Kier alpha value is -0.770. The van der Waals surface area contributed by atoms with Crippen LogP contribution in [0.1, 0.15) is 18.4 Å². The van der Waals surface area contributed by atoms with E-state index in [9.17, 15) is 0 Å². The van der Waals surface area contributed by atoms with Crippen LogP contribution in [-0.2, 0) is 6.42 Å². The Labute approximate surface area is 126 Å². The number of halogens is 1. The van der Waals surface area contributed by atoms with Crippen molar-refractivity contribution in [3.8, 4) is 0 Å². The van der Waals surface area contributed by atoms with Crippen LogP contribution >= 0.6 is 11.6 Å². The van der Waals surface area contributed by atoms with Gasteiger partial charge in [0.15, 0.2) is 0 Å². The first-order chi connectivity index (χ1) is 9.83. The van der Waals surface area contributed by atoms with Crippen molar-refractivity contribution in [3.05, 3.63) is 28.8 Å². The van der Waals surface area contributed by atoms with E-state index in [1.165, 1.54) is 37.2 Å². The van der Waals surface area contributed by atoms with Gasteiger partial charge >= 0.3 is 0 Å². The Bertz CT molecular complexity index is 437. The highest BCUT2D eigenvalue weighted by Crippen LogP contribution is 2.29. The van der Waals surface area contributed by atoms with Crippen LogP contribution in [0.25, 0.3) is 0 Å². The molecule has 1 aromatic rings. The van der Waals surface area contributed by atoms with Crippen molar-refractivity contribution in [1.82, 2.24) is 10.2 Å². The zero-order valence-electron chi connectivity index (χ0n) is 12.1. The second kappa shape index (κ2) is 6.79. The lowest BCUT2D eigenvalue weighted by atomic mass is 10.1. The maximum absolute atomic E-state index is 6.47. The molecule has 2 aliphatic heterocycles. The molecule has 2 saturated heterocycles. The Balaban J connectivity index is 1.58. The number of hydrogen-bond donors (Lipinski definition) is 1. The summed E-state index contributed by atoms with van der Waals surface area (Å²) >= 11 is 6.47. The summed E-state index contributed by atoms with van der Waals surface area (Å²) in [7, 11) is 0. The zero-order valence-corrected chi connectivity index (χ0v) is 12.8. The van der Waals surface area contributed by atoms with Gasteiger partial charge in [-0.15, -0.1) is 0 Å². The van der Waals surface area contributed by atoms with E-state index < -0.39 is 0 Å². The van der Waals surface area contributed by atoms with E-state index in [0.29, 0.717) is 0 Å². The highest BCUT2D eigenvalue weighted by atomic mass is 35.5. The molecular formula is C16H24ClN3. The third-order valence-electron chi connectivity index (χ3n) is 4.39. The topological polar surface area (TPSA) is 18.5 Å². The molecule has 0 aliphatic carbocycles. The van der Waals surface area contributed by atoms with Crippen molar-refractivity contribution in [1.29, 1.82) is 0 Å². The molecule has 3 nitrogen and oxygen atoms in total. The van der Waals surface area contributed by atoms with Gasteiger partial charge in [0.25, 0.3) is 0 Å². The Kier molecular flexibility index (Phi) is 4.81. The number of piperazine rings is 1. The highest BCUT2D eigenvalue weighted by molar-refractivity contribution is 6.33. The van der Waals surface area contributed by atoms with E-state index in [0.717, 1.165) is 44.2 Å². The van der Waals surface area contributed by atoms with E-state index in [1.807, 2.05) is 0 Å². The van der Waals surface area contributed by atoms with Gasteiger partial charge in [-0.2, -0.15) is 0 Å². The maximum atomic E-state index is 6.47. The molecule has 0 radical (unpaired) electrons. The third kappa shape index (κ3) is 3.46. The number of hydrogen-bond acceptors (Lipinski definition) is 3. The summed E-state index contributed by atoms with van der Waals surface area (Å²) in [4.78, 5) is 4.93. The molecule has 4 heteroatoms. The molecule has 1 N–H and O–H groups in total. The summed E-state index contributed by atoms with van der Waals surface area (Å²) in [5.41, 5.74) is 2.58. The average Bonchev–Trinajstić information content (AvgIpc) is 3.00. The minimum Gasteiger partial charge on any atom is -0.370 e. The first kappa shape index (κ1) is 14.2. The van der Waals surface area contributed by atoms with Crippen molar-refractivity contribution < 1.29 is 0 Å². The Morgan fingerprint density at radius 2 is 1.80 bits per heavy atom. The SMILES string of the molecule is Clc1cc(CCN2CCNCC2)ccc1N1CCCC1. The van der Waals surface area contributed by atoms with Gasteiger partial charge in [0.2, 0.25) is 0 Å². The third-order valence-corrected chi connectivity index (χ3v) is 4.69. The van der Waals surface area contributed by atoms with E-state index in [2.05, 4.69) is 33.3 Å². The molecule has 0 spiro atoms. The summed E-state index contributed by atoms with van der Waals surface area (Å²) < 4.78 is 0. The van der Waals surface area contributed by atoms with Crippen LogP contribution < -0.4 is 10.2 Å². The quantitative estimate of drug-likeness (QED) is 0.920. The number of nitrogens with one attached hydrogen (secondary N) is 1. The van der Waals surface area contributed by atoms with Gasteiger partial charge in [-0.1, -0.05) is 17.7 Å². The largest absolute Gasteiger partial charge is 0.370 e. The van der Waals surface area contributed by atoms with Crippen molar-refractivity contribution >= 4 is 17.3 Å². The molecule has 0 aromatic heterocycles. The van der Waals surface area contributed by atoms with Gasteiger partial charge in [0.05, 0.1) is 10.7 Å². The Morgan fingerprint density at radius 1 is 1.05 bits per heavy atom. The average molecular weight is 294 g/mol. The van der Waals surface area contributed by atoms with Gasteiger partial charge in [-0.25, -0.2) is 0 Å². The fraction of sp³-hybridized carbons (Fsp3) is 0.625. The molecule has 0 saturated carbocycles. The van der Waals surface area contributed by atoms with E-state index >= 15 is 0 Å². The molecule has 20 heavy (non-hydrogen) atoms. The fourth-order valence-electron chi connectivity index (χ4n) is 3.14. The van der Waals surface area contributed by atoms with Crippen LogP contribution in [0.15, 0.2) is 18.2 Å². The predicted octanol–water partition coefficient (Wildman–Crippen LogP) is 2.39. The smallest absolute Gasteiger partial charge is 0.0642 e. The minimum absolute atomic E-state index is 0.921. The summed E-state index contributed by atoms with van der Waals surface area (Å²) in [6, 6.07) is 6.62. The normalized spacial score (nSPS) is 20.6. The van der Waals surface area contributed by atoms with Crippen LogP contribution in [0.2, 0.25) is 5.02 Å². The van der Waals surface area contributed by atoms with Crippen LogP contribution in [-0.4, -0.2) is 50.7 Å². The molecule has 0 atom stereocenters. The predicted molar refractivity (Wildman–Crippen MR) is 85.9 cm³/mol. The Morgan fingerprint density at radius 3 is 2.50 bits per heavy atom. The van der Waals surface area contributed by atoms with Gasteiger partial charge in [0.1, 0.15) is 0 Å². The van der Waals surface area contributed by atoms with Crippen molar-refractivity contribution in [2.24, 2.45) is 0 Å². The van der Waals surface area contributed by atoms with Crippen molar-refractivity contribution in [3.63, 3.8) is 0 Å². The van der Waals surface area contributed by atoms with Crippen molar-refractivity contribution in [2.45, 2.75) is 19.3 Å². The second-order valence-electron chi connectivity index (χ2n) is 5.82. The lowest BCUT2D eigenvalue weighted by Gasteiger charge is -2.27. The summed E-state index contributed by atoms with van der Waals surface area (Å²) in [6.07, 6.45) is 3.68. The number of nitrogens with zero attached hydrogens (tertiary/aromatic N) is 2. The van der Waals surface area contributed by atoms with Crippen LogP contribution in [0.5, 0.6) is 0 Å². The van der Waals surface area contributed by atoms with E-state index in [4.69, 9.17) is 11.6 Å². The van der Waals surface area contributed by atoms with Crippen LogP contribution in [0.4, 0.5) is 5.69 Å². The van der Waals surface area contributed by atoms with E-state index in [1.54, 1.807) is 0 Å². The minimum atomic E-state index is 0.921. The molecule has 110 valence electrons. The second-order valence-corrected chi connectivity index (χ2v) is 6.23. The van der Waals surface area contributed by atoms with Crippen LogP contribution in [0, 0.1) is 0 Å². The molecule has 0 amide bonds. The van der Waals surface area contributed by atoms with Gasteiger partial charge < -0.3 is 15.1 Å². The molecule has 1 aromatic carbocycles. The van der Waals surface area contributed by atoms with Crippen LogP contribution in [0.3, 0.4) is 0 Å². The molecule has 2 heterocycles. The van der Waals surface area contributed by atoms with Gasteiger partial charge in [-0.05, 0) is 37.0 Å². The van der Waals surface area contributed by atoms with E-state index in [-0.39, 0.29) is 0 Å². The van der Waals surface area contributed by atoms with Crippen molar-refractivity contribution in [2.75, 3.05) is 50.7 Å². The monoisotopic (exact) mass is 293 g/mol. The standard InChI is InChI=1S/C16H24ClN3/c17-15-13-14(5-10-19-11-6-18-7-12-19)3-4-16(15)20-8-1-2-9-20/h3-4,13,18H,1-2,5-12H2. The van der Waals surface area contributed by atoms with Gasteiger partial charge in [0, 0.05) is 45.8 Å². The molecule has 0 unspecified atom stereocenters. The number of anilines is 1. The lowest BCUT2D eigenvalue weighted by molar-refractivity contribution is 0.244. The molecule has 2 aliphatic rings. The molecular weight excluding hydrogens is 270 g/mol. The zero-order chi connectivity index (χ0) is 13.8. The first-order valence-electron chi connectivity index (χ1n) is 7.79. The molecule has 0 bridgehead atoms.